The van der Waals surface area contributed by atoms with Gasteiger partial charge < -0.3 is 5.73 Å². The molecule has 0 amide bonds. The van der Waals surface area contributed by atoms with E-state index in [-0.39, 0.29) is 11.9 Å². The summed E-state index contributed by atoms with van der Waals surface area (Å²) in [5, 5.41) is 0.434. The number of rotatable bonds is 5. The zero-order valence-electron chi connectivity index (χ0n) is 10.2. The summed E-state index contributed by atoms with van der Waals surface area (Å²) in [5.41, 5.74) is 6.80. The van der Waals surface area contributed by atoms with Gasteiger partial charge in [0.05, 0.1) is 0 Å². The molecule has 16 heavy (non-hydrogen) atoms. The van der Waals surface area contributed by atoms with Gasteiger partial charge in [0.1, 0.15) is 5.82 Å². The number of thioether (sulfide) groups is 1. The highest BCUT2D eigenvalue weighted by Gasteiger charge is 2.12. The van der Waals surface area contributed by atoms with Gasteiger partial charge in [-0.2, -0.15) is 0 Å². The summed E-state index contributed by atoms with van der Waals surface area (Å²) in [5.74, 6) is -0.122. The normalized spacial score (nSPS) is 14.8. The minimum absolute atomic E-state index is 0.0677. The molecule has 3 heteroatoms. The second-order valence-electron chi connectivity index (χ2n) is 4.25. The molecule has 2 unspecified atom stereocenters. The van der Waals surface area contributed by atoms with Crippen LogP contribution < -0.4 is 5.73 Å². The third-order valence-electron chi connectivity index (χ3n) is 2.48. The quantitative estimate of drug-likeness (QED) is 0.797. The number of hydrogen-bond acceptors (Lipinski definition) is 2. The van der Waals surface area contributed by atoms with Crippen LogP contribution in [-0.2, 0) is 6.42 Å². The highest BCUT2D eigenvalue weighted by molar-refractivity contribution is 8.00. The summed E-state index contributed by atoms with van der Waals surface area (Å²) in [6.45, 7) is 6.18. The van der Waals surface area contributed by atoms with Crippen LogP contribution in [0.1, 0.15) is 32.8 Å². The summed E-state index contributed by atoms with van der Waals surface area (Å²) in [6.07, 6.45) is 1.77. The Hall–Kier alpha value is -0.540. The molecule has 1 rings (SSSR count). The Labute approximate surface area is 102 Å². The van der Waals surface area contributed by atoms with Crippen LogP contribution in [0.2, 0.25) is 0 Å². The van der Waals surface area contributed by atoms with Crippen LogP contribution in [0.25, 0.3) is 0 Å². The van der Waals surface area contributed by atoms with Gasteiger partial charge >= 0.3 is 0 Å². The smallest absolute Gasteiger partial charge is 0.137 e. The zero-order chi connectivity index (χ0) is 12.1. The van der Waals surface area contributed by atoms with Crippen LogP contribution in [0.5, 0.6) is 0 Å². The van der Waals surface area contributed by atoms with Crippen molar-refractivity contribution in [2.75, 3.05) is 0 Å². The van der Waals surface area contributed by atoms with Crippen LogP contribution in [0.15, 0.2) is 23.1 Å². The Morgan fingerprint density at radius 1 is 1.38 bits per heavy atom. The van der Waals surface area contributed by atoms with Gasteiger partial charge in [0, 0.05) is 16.2 Å². The van der Waals surface area contributed by atoms with E-state index in [0.717, 1.165) is 23.3 Å². The first-order valence-electron chi connectivity index (χ1n) is 5.74. The molecule has 2 atom stereocenters. The lowest BCUT2D eigenvalue weighted by Gasteiger charge is -2.15. The number of nitrogens with two attached hydrogens (primary N) is 1. The first-order valence-corrected chi connectivity index (χ1v) is 6.62. The van der Waals surface area contributed by atoms with Crippen molar-refractivity contribution in [1.29, 1.82) is 0 Å². The fourth-order valence-electron chi connectivity index (χ4n) is 1.48. The molecule has 1 aromatic rings. The van der Waals surface area contributed by atoms with Crippen LogP contribution in [0.4, 0.5) is 4.39 Å². The number of benzene rings is 1. The topological polar surface area (TPSA) is 26.0 Å². The Balaban J connectivity index is 2.94. The Morgan fingerprint density at radius 3 is 2.62 bits per heavy atom. The summed E-state index contributed by atoms with van der Waals surface area (Å²) >= 11 is 1.61. The van der Waals surface area contributed by atoms with Crippen molar-refractivity contribution < 1.29 is 4.39 Å². The molecule has 1 aromatic carbocycles. The molecule has 0 radical (unpaired) electrons. The Kier molecular flexibility index (Phi) is 5.29. The molecular weight excluding hydrogens is 221 g/mol. The van der Waals surface area contributed by atoms with Gasteiger partial charge in [-0.1, -0.05) is 26.0 Å². The average molecular weight is 241 g/mol. The van der Waals surface area contributed by atoms with Crippen LogP contribution in [0.3, 0.4) is 0 Å². The summed E-state index contributed by atoms with van der Waals surface area (Å²) in [6, 6.07) is 5.32. The lowest BCUT2D eigenvalue weighted by molar-refractivity contribution is 0.592. The summed E-state index contributed by atoms with van der Waals surface area (Å²) in [7, 11) is 0. The molecule has 0 saturated heterocycles. The SMILES string of the molecule is CCC(C)Sc1c(F)cccc1CC(C)N. The predicted molar refractivity (Wildman–Crippen MR) is 69.4 cm³/mol. The number of halogens is 1. The van der Waals surface area contributed by atoms with Gasteiger partial charge in [-0.25, -0.2) is 4.39 Å². The molecule has 0 bridgehead atoms. The van der Waals surface area contributed by atoms with E-state index >= 15 is 0 Å². The van der Waals surface area contributed by atoms with Gasteiger partial charge in [0.2, 0.25) is 0 Å². The van der Waals surface area contributed by atoms with Gasteiger partial charge in [-0.05, 0) is 31.4 Å². The molecular formula is C13H20FNS. The maximum absolute atomic E-state index is 13.7. The molecule has 1 nitrogen and oxygen atoms in total. The summed E-state index contributed by atoms with van der Waals surface area (Å²) in [4.78, 5) is 0.772. The molecule has 0 aliphatic carbocycles. The van der Waals surface area contributed by atoms with E-state index in [1.165, 1.54) is 6.07 Å². The largest absolute Gasteiger partial charge is 0.328 e. The molecule has 0 spiro atoms. The highest BCUT2D eigenvalue weighted by Crippen LogP contribution is 2.31. The van der Waals surface area contributed by atoms with Crippen molar-refractivity contribution in [3.8, 4) is 0 Å². The molecule has 0 saturated carbocycles. The lowest BCUT2D eigenvalue weighted by Crippen LogP contribution is -2.18. The monoisotopic (exact) mass is 241 g/mol. The van der Waals surface area contributed by atoms with Crippen molar-refractivity contribution in [2.45, 2.75) is 49.8 Å². The van der Waals surface area contributed by atoms with Gasteiger partial charge in [0.15, 0.2) is 0 Å². The van der Waals surface area contributed by atoms with Gasteiger partial charge in [0.25, 0.3) is 0 Å². The predicted octanol–water partition coefficient (Wildman–Crippen LogP) is 3.61. The van der Waals surface area contributed by atoms with Crippen molar-refractivity contribution in [2.24, 2.45) is 5.73 Å². The molecule has 0 aliphatic rings. The second-order valence-corrected chi connectivity index (χ2v) is 5.69. The molecule has 90 valence electrons. The van der Waals surface area contributed by atoms with Crippen molar-refractivity contribution in [3.05, 3.63) is 29.6 Å². The molecule has 0 heterocycles. The van der Waals surface area contributed by atoms with E-state index in [1.54, 1.807) is 17.8 Å². The lowest BCUT2D eigenvalue weighted by atomic mass is 10.1. The molecule has 0 aliphatic heterocycles. The van der Waals surface area contributed by atoms with Crippen molar-refractivity contribution in [3.63, 3.8) is 0 Å². The van der Waals surface area contributed by atoms with Crippen LogP contribution >= 0.6 is 11.8 Å². The van der Waals surface area contributed by atoms with Gasteiger partial charge in [-0.3, -0.25) is 0 Å². The first kappa shape index (κ1) is 13.5. The van der Waals surface area contributed by atoms with E-state index in [4.69, 9.17) is 5.73 Å². The third-order valence-corrected chi connectivity index (χ3v) is 3.91. The third kappa shape index (κ3) is 3.80. The first-order chi connectivity index (χ1) is 7.54. The Bertz CT molecular complexity index is 339. The molecule has 0 aromatic heterocycles. The second kappa shape index (κ2) is 6.26. The van der Waals surface area contributed by atoms with Crippen molar-refractivity contribution >= 4 is 11.8 Å². The van der Waals surface area contributed by atoms with Crippen molar-refractivity contribution in [1.82, 2.24) is 0 Å². The maximum Gasteiger partial charge on any atom is 0.137 e. The van der Waals surface area contributed by atoms with E-state index < -0.39 is 0 Å². The van der Waals surface area contributed by atoms with E-state index in [1.807, 2.05) is 13.0 Å². The van der Waals surface area contributed by atoms with E-state index in [9.17, 15) is 4.39 Å². The Morgan fingerprint density at radius 2 is 2.06 bits per heavy atom. The fourth-order valence-corrected chi connectivity index (χ4v) is 2.53. The minimum Gasteiger partial charge on any atom is -0.328 e. The number of hydrogen-bond donors (Lipinski definition) is 1. The molecule has 0 fully saturated rings. The molecule has 2 N–H and O–H groups in total. The maximum atomic E-state index is 13.7. The highest BCUT2D eigenvalue weighted by atomic mass is 32.2. The fraction of sp³-hybridized carbons (Fsp3) is 0.538. The average Bonchev–Trinajstić information content (AvgIpc) is 2.22. The van der Waals surface area contributed by atoms with E-state index in [2.05, 4.69) is 13.8 Å². The standard InChI is InChI=1S/C13H20FNS/c1-4-10(3)16-13-11(8-9(2)15)6-5-7-12(13)14/h5-7,9-10H,4,8,15H2,1-3H3. The van der Waals surface area contributed by atoms with E-state index in [0.29, 0.717) is 5.25 Å². The summed E-state index contributed by atoms with van der Waals surface area (Å²) < 4.78 is 13.7. The minimum atomic E-state index is -0.122. The van der Waals surface area contributed by atoms with Crippen LogP contribution in [-0.4, -0.2) is 11.3 Å². The van der Waals surface area contributed by atoms with Gasteiger partial charge in [-0.15, -0.1) is 11.8 Å². The van der Waals surface area contributed by atoms with Crippen LogP contribution in [0, 0.1) is 5.82 Å². The zero-order valence-corrected chi connectivity index (χ0v) is 11.0.